The molecule has 0 fully saturated rings. The van der Waals surface area contributed by atoms with Crippen molar-refractivity contribution < 1.29 is 0 Å². The van der Waals surface area contributed by atoms with Crippen molar-refractivity contribution in [2.45, 2.75) is 52.2 Å². The molecule has 9 heteroatoms. The third kappa shape index (κ3) is 3.56. The molecule has 0 aromatic carbocycles. The zero-order valence-electron chi connectivity index (χ0n) is 16.9. The molecule has 0 amide bonds. The van der Waals surface area contributed by atoms with Crippen LogP contribution < -0.4 is 11.0 Å². The van der Waals surface area contributed by atoms with Crippen LogP contribution in [0.3, 0.4) is 0 Å². The molecule has 3 aromatic rings. The summed E-state index contributed by atoms with van der Waals surface area (Å²) < 4.78 is 3.45. The number of likely N-dealkylation sites (N-methyl/N-ethyl adjacent to an activating group) is 1. The summed E-state index contributed by atoms with van der Waals surface area (Å²) in [7, 11) is 4.01. The highest BCUT2D eigenvalue weighted by atomic mass is 32.1. The summed E-state index contributed by atoms with van der Waals surface area (Å²) in [6, 6.07) is 0.258. The van der Waals surface area contributed by atoms with E-state index >= 15 is 0 Å². The summed E-state index contributed by atoms with van der Waals surface area (Å²) in [5.41, 5.74) is 1.25. The van der Waals surface area contributed by atoms with Crippen molar-refractivity contribution in [2.75, 3.05) is 26.0 Å². The Hall–Kier alpha value is -2.26. The number of hydrogen-bond donors (Lipinski definition) is 1. The summed E-state index contributed by atoms with van der Waals surface area (Å²) in [6.07, 6.45) is 4.22. The van der Waals surface area contributed by atoms with Crippen LogP contribution in [0.15, 0.2) is 11.1 Å². The van der Waals surface area contributed by atoms with Crippen LogP contribution in [0.5, 0.6) is 0 Å². The van der Waals surface area contributed by atoms with Gasteiger partial charge in [0.2, 0.25) is 0 Å². The van der Waals surface area contributed by atoms with Crippen molar-refractivity contribution in [3.8, 4) is 0 Å². The second kappa shape index (κ2) is 7.63. The Balaban J connectivity index is 1.50. The van der Waals surface area contributed by atoms with E-state index in [0.29, 0.717) is 13.1 Å². The molecule has 150 valence electrons. The van der Waals surface area contributed by atoms with Crippen LogP contribution in [0.4, 0.5) is 5.82 Å². The maximum atomic E-state index is 12.7. The number of hydrogen-bond acceptors (Lipinski definition) is 7. The van der Waals surface area contributed by atoms with Gasteiger partial charge < -0.3 is 10.2 Å². The van der Waals surface area contributed by atoms with Gasteiger partial charge in [-0.2, -0.15) is 5.10 Å². The van der Waals surface area contributed by atoms with E-state index in [1.54, 1.807) is 22.3 Å². The molecule has 8 nitrogen and oxygen atoms in total. The van der Waals surface area contributed by atoms with Crippen molar-refractivity contribution in [3.05, 3.63) is 33.1 Å². The van der Waals surface area contributed by atoms with E-state index in [0.717, 1.165) is 47.7 Å². The fourth-order valence-corrected chi connectivity index (χ4v) is 4.69. The second-order valence-electron chi connectivity index (χ2n) is 7.73. The molecule has 1 unspecified atom stereocenters. The zero-order chi connectivity index (χ0) is 19.8. The standard InChI is InChI=1S/C19H27N7OS/c1-12-13(2)28-18-16(12)17(20-11-21-18)22-14-5-6-15-23-26(10-9-24(3)4)19(27)25(15)8-7-14/h11,14H,5-10H2,1-4H3,(H,20,21,22). The van der Waals surface area contributed by atoms with Gasteiger partial charge in [0.25, 0.3) is 0 Å². The highest BCUT2D eigenvalue weighted by Crippen LogP contribution is 2.33. The molecule has 1 atom stereocenters. The fraction of sp³-hybridized carbons (Fsp3) is 0.579. The van der Waals surface area contributed by atoms with Gasteiger partial charge in [0.05, 0.1) is 11.9 Å². The minimum Gasteiger partial charge on any atom is -0.367 e. The Kier molecular flexibility index (Phi) is 5.20. The molecule has 0 bridgehead atoms. The molecule has 1 aliphatic heterocycles. The number of anilines is 1. The lowest BCUT2D eigenvalue weighted by Crippen LogP contribution is -2.30. The largest absolute Gasteiger partial charge is 0.367 e. The van der Waals surface area contributed by atoms with Gasteiger partial charge in [-0.25, -0.2) is 19.4 Å². The molecule has 0 radical (unpaired) electrons. The van der Waals surface area contributed by atoms with Crippen molar-refractivity contribution in [3.63, 3.8) is 0 Å². The van der Waals surface area contributed by atoms with Gasteiger partial charge >= 0.3 is 5.69 Å². The third-order valence-corrected chi connectivity index (χ3v) is 6.60. The minimum atomic E-state index is 0.00577. The minimum absolute atomic E-state index is 0.00577. The number of aromatic nitrogens is 5. The van der Waals surface area contributed by atoms with Gasteiger partial charge in [-0.15, -0.1) is 11.3 Å². The first-order valence-corrected chi connectivity index (χ1v) is 10.5. The zero-order valence-corrected chi connectivity index (χ0v) is 17.7. The van der Waals surface area contributed by atoms with E-state index in [1.807, 2.05) is 18.7 Å². The Morgan fingerprint density at radius 2 is 2.11 bits per heavy atom. The van der Waals surface area contributed by atoms with Gasteiger partial charge in [-0.05, 0) is 46.3 Å². The van der Waals surface area contributed by atoms with Gasteiger partial charge in [-0.1, -0.05) is 0 Å². The summed E-state index contributed by atoms with van der Waals surface area (Å²) in [4.78, 5) is 26.0. The molecule has 28 heavy (non-hydrogen) atoms. The number of rotatable bonds is 5. The molecular weight excluding hydrogens is 374 g/mol. The predicted octanol–water partition coefficient (Wildman–Crippen LogP) is 2.04. The normalized spacial score (nSPS) is 17.1. The lowest BCUT2D eigenvalue weighted by Gasteiger charge is -2.17. The molecule has 0 aliphatic carbocycles. The van der Waals surface area contributed by atoms with Crippen molar-refractivity contribution in [2.24, 2.45) is 0 Å². The summed E-state index contributed by atoms with van der Waals surface area (Å²) in [5, 5.41) is 9.32. The average molecular weight is 402 g/mol. The Labute approximate surface area is 168 Å². The van der Waals surface area contributed by atoms with Crippen LogP contribution in [0.2, 0.25) is 0 Å². The van der Waals surface area contributed by atoms with Crippen LogP contribution >= 0.6 is 11.3 Å². The van der Waals surface area contributed by atoms with Gasteiger partial charge in [-0.3, -0.25) is 4.57 Å². The van der Waals surface area contributed by atoms with Gasteiger partial charge in [0.1, 0.15) is 22.8 Å². The molecule has 0 spiro atoms. The van der Waals surface area contributed by atoms with Gasteiger partial charge in [0.15, 0.2) is 0 Å². The maximum Gasteiger partial charge on any atom is 0.345 e. The molecule has 1 N–H and O–H groups in total. The average Bonchev–Trinajstić information content (AvgIpc) is 3.03. The Morgan fingerprint density at radius 3 is 2.89 bits per heavy atom. The van der Waals surface area contributed by atoms with Crippen molar-refractivity contribution in [1.29, 1.82) is 0 Å². The highest BCUT2D eigenvalue weighted by Gasteiger charge is 2.22. The molecule has 1 aliphatic rings. The Morgan fingerprint density at radius 1 is 1.29 bits per heavy atom. The first-order chi connectivity index (χ1) is 13.4. The van der Waals surface area contributed by atoms with Crippen molar-refractivity contribution >= 4 is 27.4 Å². The second-order valence-corrected chi connectivity index (χ2v) is 8.93. The lowest BCUT2D eigenvalue weighted by atomic mass is 10.1. The number of thiophene rings is 1. The van der Waals surface area contributed by atoms with E-state index in [9.17, 15) is 4.79 Å². The molecule has 0 saturated carbocycles. The predicted molar refractivity (Wildman–Crippen MR) is 112 cm³/mol. The molecular formula is C19H27N7OS. The van der Waals surface area contributed by atoms with Crippen LogP contribution in [0.1, 0.15) is 29.1 Å². The molecule has 3 aromatic heterocycles. The first kappa shape index (κ1) is 19.1. The fourth-order valence-electron chi connectivity index (χ4n) is 3.70. The highest BCUT2D eigenvalue weighted by molar-refractivity contribution is 7.18. The van der Waals surface area contributed by atoms with Gasteiger partial charge in [0, 0.05) is 30.4 Å². The van der Waals surface area contributed by atoms with E-state index in [-0.39, 0.29) is 11.7 Å². The lowest BCUT2D eigenvalue weighted by molar-refractivity contribution is 0.367. The molecule has 0 saturated heterocycles. The topological polar surface area (TPSA) is 80.9 Å². The number of nitrogens with one attached hydrogen (secondary N) is 1. The summed E-state index contributed by atoms with van der Waals surface area (Å²) >= 11 is 1.71. The monoisotopic (exact) mass is 401 g/mol. The molecule has 4 rings (SSSR count). The summed E-state index contributed by atoms with van der Waals surface area (Å²) in [6.45, 7) is 6.37. The van der Waals surface area contributed by atoms with E-state index in [1.165, 1.54) is 10.4 Å². The third-order valence-electron chi connectivity index (χ3n) is 5.48. The van der Waals surface area contributed by atoms with E-state index < -0.39 is 0 Å². The smallest absolute Gasteiger partial charge is 0.345 e. The first-order valence-electron chi connectivity index (χ1n) is 9.72. The molecule has 4 heterocycles. The van der Waals surface area contributed by atoms with Crippen LogP contribution in [0.25, 0.3) is 10.2 Å². The SMILES string of the molecule is Cc1sc2ncnc(NC3CCc4nn(CCN(C)C)c(=O)n4CC3)c2c1C. The van der Waals surface area contributed by atoms with Crippen LogP contribution in [-0.2, 0) is 19.5 Å². The van der Waals surface area contributed by atoms with E-state index in [2.05, 4.69) is 39.1 Å². The number of fused-ring (bicyclic) bond motifs is 2. The summed E-state index contributed by atoms with van der Waals surface area (Å²) in [5.74, 6) is 1.79. The number of nitrogens with zero attached hydrogens (tertiary/aromatic N) is 6. The van der Waals surface area contributed by atoms with Crippen LogP contribution in [-0.4, -0.2) is 55.9 Å². The number of aryl methyl sites for hydroxylation is 3. The van der Waals surface area contributed by atoms with E-state index in [4.69, 9.17) is 0 Å². The maximum absolute atomic E-state index is 12.7. The van der Waals surface area contributed by atoms with Crippen molar-refractivity contribution in [1.82, 2.24) is 29.2 Å². The Bertz CT molecular complexity index is 1050. The van der Waals surface area contributed by atoms with Crippen LogP contribution in [0, 0.1) is 13.8 Å². The quantitative estimate of drug-likeness (QED) is 0.705.